The summed E-state index contributed by atoms with van der Waals surface area (Å²) in [6.45, 7) is 0.0242. The van der Waals surface area contributed by atoms with Crippen molar-refractivity contribution in [2.45, 2.75) is 6.42 Å². The number of hydrogen-bond donors (Lipinski definition) is 1. The molecular formula is C11H11BrF2N2O3S. The molecule has 2 N–H and O–H groups in total. The van der Waals surface area contributed by atoms with Crippen molar-refractivity contribution >= 4 is 43.4 Å². The standard InChI is InChI=1S/C11H11BrF2N2O3S/c12-8-2-7(13)3-9(15)11(8)16-4-6(1-10(16)17)5-20(14,18)19/h2-3,6H,1,4-5,15H2. The summed E-state index contributed by atoms with van der Waals surface area (Å²) >= 11 is 3.11. The predicted octanol–water partition coefficient (Wildman–Crippen LogP) is 1.82. The number of carbonyl (C=O) groups excluding carboxylic acids is 1. The van der Waals surface area contributed by atoms with Gasteiger partial charge in [-0.1, -0.05) is 0 Å². The van der Waals surface area contributed by atoms with Crippen molar-refractivity contribution in [2.24, 2.45) is 5.92 Å². The highest BCUT2D eigenvalue weighted by atomic mass is 79.9. The Bertz CT molecular complexity index is 643. The number of hydrogen-bond acceptors (Lipinski definition) is 4. The van der Waals surface area contributed by atoms with Crippen LogP contribution in [-0.2, 0) is 15.0 Å². The van der Waals surface area contributed by atoms with Crippen LogP contribution < -0.4 is 10.6 Å². The van der Waals surface area contributed by atoms with Gasteiger partial charge in [0.25, 0.3) is 0 Å². The zero-order valence-electron chi connectivity index (χ0n) is 10.1. The quantitative estimate of drug-likeness (QED) is 0.651. The minimum Gasteiger partial charge on any atom is -0.397 e. The largest absolute Gasteiger partial charge is 0.397 e. The van der Waals surface area contributed by atoms with Crippen LogP contribution in [0.25, 0.3) is 0 Å². The number of amides is 1. The van der Waals surface area contributed by atoms with Crippen LogP contribution in [0, 0.1) is 11.7 Å². The van der Waals surface area contributed by atoms with Gasteiger partial charge in [0.1, 0.15) is 5.82 Å². The number of benzene rings is 1. The Hall–Kier alpha value is -1.22. The maximum absolute atomic E-state index is 13.1. The Balaban J connectivity index is 2.29. The molecule has 1 amide bonds. The van der Waals surface area contributed by atoms with Crippen LogP contribution in [0.1, 0.15) is 6.42 Å². The lowest BCUT2D eigenvalue weighted by atomic mass is 10.1. The van der Waals surface area contributed by atoms with Gasteiger partial charge in [-0.3, -0.25) is 4.79 Å². The van der Waals surface area contributed by atoms with Crippen molar-refractivity contribution in [3.8, 4) is 0 Å². The van der Waals surface area contributed by atoms with Crippen molar-refractivity contribution in [2.75, 3.05) is 22.9 Å². The molecule has 1 aliphatic rings. The smallest absolute Gasteiger partial charge is 0.302 e. The van der Waals surface area contributed by atoms with E-state index >= 15 is 0 Å². The summed E-state index contributed by atoms with van der Waals surface area (Å²) in [6.07, 6.45) is -0.0909. The molecule has 5 nitrogen and oxygen atoms in total. The third kappa shape index (κ3) is 3.26. The van der Waals surface area contributed by atoms with Crippen LogP contribution in [-0.4, -0.2) is 26.6 Å². The minimum atomic E-state index is -4.65. The SMILES string of the molecule is Nc1cc(F)cc(Br)c1N1CC(CS(=O)(=O)F)CC1=O. The Kier molecular flexibility index (Phi) is 4.01. The fraction of sp³-hybridized carbons (Fsp3) is 0.364. The molecule has 1 aromatic carbocycles. The van der Waals surface area contributed by atoms with Gasteiger partial charge in [-0.15, -0.1) is 3.89 Å². The van der Waals surface area contributed by atoms with Gasteiger partial charge in [0, 0.05) is 23.4 Å². The van der Waals surface area contributed by atoms with Crippen molar-refractivity contribution in [1.82, 2.24) is 0 Å². The molecule has 20 heavy (non-hydrogen) atoms. The molecule has 1 aliphatic heterocycles. The molecule has 2 rings (SSSR count). The van der Waals surface area contributed by atoms with Gasteiger partial charge >= 0.3 is 10.2 Å². The highest BCUT2D eigenvalue weighted by molar-refractivity contribution is 9.10. The van der Waals surface area contributed by atoms with E-state index in [1.54, 1.807) is 0 Å². The molecule has 1 heterocycles. The zero-order chi connectivity index (χ0) is 15.1. The lowest BCUT2D eigenvalue weighted by Gasteiger charge is -2.20. The molecule has 0 bridgehead atoms. The zero-order valence-corrected chi connectivity index (χ0v) is 12.5. The number of nitrogen functional groups attached to an aromatic ring is 1. The first-order chi connectivity index (χ1) is 9.17. The van der Waals surface area contributed by atoms with E-state index in [0.29, 0.717) is 0 Å². The van der Waals surface area contributed by atoms with E-state index in [0.717, 1.165) is 12.1 Å². The lowest BCUT2D eigenvalue weighted by molar-refractivity contribution is -0.117. The van der Waals surface area contributed by atoms with Gasteiger partial charge in [-0.2, -0.15) is 8.42 Å². The Morgan fingerprint density at radius 1 is 1.45 bits per heavy atom. The second kappa shape index (κ2) is 5.28. The molecule has 9 heteroatoms. The normalized spacial score (nSPS) is 19.6. The second-order valence-electron chi connectivity index (χ2n) is 4.61. The van der Waals surface area contributed by atoms with Gasteiger partial charge in [-0.25, -0.2) is 4.39 Å². The van der Waals surface area contributed by atoms with Gasteiger partial charge < -0.3 is 10.6 Å². The van der Waals surface area contributed by atoms with E-state index in [1.165, 1.54) is 4.90 Å². The maximum atomic E-state index is 13.1. The van der Waals surface area contributed by atoms with Gasteiger partial charge in [0.2, 0.25) is 5.91 Å². The molecule has 1 aromatic rings. The number of halogens is 3. The summed E-state index contributed by atoms with van der Waals surface area (Å²) in [5.41, 5.74) is 6.00. The van der Waals surface area contributed by atoms with Crippen LogP contribution in [0.4, 0.5) is 19.7 Å². The van der Waals surface area contributed by atoms with Crippen LogP contribution >= 0.6 is 15.9 Å². The third-order valence-corrected chi connectivity index (χ3v) is 4.44. The molecule has 0 aromatic heterocycles. The number of carbonyl (C=O) groups is 1. The van der Waals surface area contributed by atoms with Crippen LogP contribution in [0.15, 0.2) is 16.6 Å². The van der Waals surface area contributed by atoms with Crippen LogP contribution in [0.2, 0.25) is 0 Å². The van der Waals surface area contributed by atoms with E-state index < -0.39 is 27.7 Å². The van der Waals surface area contributed by atoms with E-state index in [2.05, 4.69) is 15.9 Å². The molecule has 1 unspecified atom stereocenters. The number of rotatable bonds is 3. The summed E-state index contributed by atoms with van der Waals surface area (Å²) in [4.78, 5) is 13.1. The van der Waals surface area contributed by atoms with Gasteiger partial charge in [-0.05, 0) is 28.1 Å². The molecule has 0 saturated carbocycles. The summed E-state index contributed by atoms with van der Waals surface area (Å²) in [7, 11) is -4.65. The molecule has 0 spiro atoms. The topological polar surface area (TPSA) is 80.5 Å². The van der Waals surface area contributed by atoms with E-state index in [9.17, 15) is 21.5 Å². The first-order valence-corrected chi connectivity index (χ1v) is 7.99. The first kappa shape index (κ1) is 15.2. The second-order valence-corrected chi connectivity index (χ2v) is 6.87. The van der Waals surface area contributed by atoms with Crippen molar-refractivity contribution in [1.29, 1.82) is 0 Å². The fourth-order valence-corrected chi connectivity index (χ4v) is 3.71. The Morgan fingerprint density at radius 2 is 2.10 bits per heavy atom. The van der Waals surface area contributed by atoms with E-state index in [1.807, 2.05) is 0 Å². The molecule has 110 valence electrons. The number of nitrogens with zero attached hydrogens (tertiary/aromatic N) is 1. The van der Waals surface area contributed by atoms with E-state index in [-0.39, 0.29) is 34.7 Å². The highest BCUT2D eigenvalue weighted by Crippen LogP contribution is 2.37. The van der Waals surface area contributed by atoms with Crippen molar-refractivity contribution < 1.29 is 21.5 Å². The average molecular weight is 369 g/mol. The van der Waals surface area contributed by atoms with Crippen LogP contribution in [0.3, 0.4) is 0 Å². The number of anilines is 2. The van der Waals surface area contributed by atoms with Gasteiger partial charge in [0.05, 0.1) is 17.1 Å². The Morgan fingerprint density at radius 3 is 2.65 bits per heavy atom. The summed E-state index contributed by atoms with van der Waals surface area (Å²) in [5.74, 6) is -2.30. The predicted molar refractivity (Wildman–Crippen MR) is 73.9 cm³/mol. The van der Waals surface area contributed by atoms with Crippen LogP contribution in [0.5, 0.6) is 0 Å². The fourth-order valence-electron chi connectivity index (χ4n) is 2.26. The third-order valence-electron chi connectivity index (χ3n) is 2.97. The van der Waals surface area contributed by atoms with Crippen molar-refractivity contribution in [3.63, 3.8) is 0 Å². The molecule has 0 aliphatic carbocycles. The van der Waals surface area contributed by atoms with Gasteiger partial charge in [0.15, 0.2) is 0 Å². The molecule has 0 radical (unpaired) electrons. The minimum absolute atomic E-state index is 0.0242. The molecule has 1 atom stereocenters. The lowest BCUT2D eigenvalue weighted by Crippen LogP contribution is -2.26. The Labute approximate surface area is 123 Å². The average Bonchev–Trinajstić information content (AvgIpc) is 2.55. The summed E-state index contributed by atoms with van der Waals surface area (Å²) in [6, 6.07) is 2.21. The molecule has 1 fully saturated rings. The molecular weight excluding hydrogens is 358 g/mol. The van der Waals surface area contributed by atoms with E-state index in [4.69, 9.17) is 5.73 Å². The monoisotopic (exact) mass is 368 g/mol. The molecule has 1 saturated heterocycles. The van der Waals surface area contributed by atoms with Crippen molar-refractivity contribution in [3.05, 3.63) is 22.4 Å². The highest BCUT2D eigenvalue weighted by Gasteiger charge is 2.35. The number of nitrogens with two attached hydrogens (primary N) is 1. The summed E-state index contributed by atoms with van der Waals surface area (Å²) < 4.78 is 47.4. The first-order valence-electron chi connectivity index (χ1n) is 5.64. The maximum Gasteiger partial charge on any atom is 0.302 e. The summed E-state index contributed by atoms with van der Waals surface area (Å²) in [5, 5.41) is 0.